The molecule has 0 bridgehead atoms. The summed E-state index contributed by atoms with van der Waals surface area (Å²) in [5.41, 5.74) is 2.12. The van der Waals surface area contributed by atoms with Crippen molar-refractivity contribution < 1.29 is 4.39 Å². The molecule has 2 heteroatoms. The van der Waals surface area contributed by atoms with Crippen molar-refractivity contribution in [2.75, 3.05) is 0 Å². The SMILES string of the molecule is Cc1ccc(F)c(CNC2(C)CCCC2)c1. The maximum Gasteiger partial charge on any atom is 0.127 e. The summed E-state index contributed by atoms with van der Waals surface area (Å²) in [4.78, 5) is 0. The molecule has 0 amide bonds. The summed E-state index contributed by atoms with van der Waals surface area (Å²) in [6, 6.07) is 5.31. The minimum Gasteiger partial charge on any atom is -0.307 e. The fraction of sp³-hybridized carbons (Fsp3) is 0.571. The van der Waals surface area contributed by atoms with E-state index in [1.807, 2.05) is 19.1 Å². The first-order valence-electron chi connectivity index (χ1n) is 6.09. The van der Waals surface area contributed by atoms with Gasteiger partial charge in [-0.3, -0.25) is 0 Å². The van der Waals surface area contributed by atoms with Gasteiger partial charge in [0.05, 0.1) is 0 Å². The van der Waals surface area contributed by atoms with Crippen LogP contribution in [0.2, 0.25) is 0 Å². The summed E-state index contributed by atoms with van der Waals surface area (Å²) in [6.07, 6.45) is 5.00. The van der Waals surface area contributed by atoms with Gasteiger partial charge in [0, 0.05) is 17.6 Å². The largest absolute Gasteiger partial charge is 0.307 e. The molecule has 1 saturated carbocycles. The summed E-state index contributed by atoms with van der Waals surface area (Å²) >= 11 is 0. The number of hydrogen-bond donors (Lipinski definition) is 1. The van der Waals surface area contributed by atoms with E-state index in [0.717, 1.165) is 11.1 Å². The second kappa shape index (κ2) is 4.54. The topological polar surface area (TPSA) is 12.0 Å². The molecule has 1 aliphatic rings. The summed E-state index contributed by atoms with van der Waals surface area (Å²) in [5, 5.41) is 3.50. The number of aryl methyl sites for hydroxylation is 1. The van der Waals surface area contributed by atoms with E-state index in [0.29, 0.717) is 6.54 Å². The van der Waals surface area contributed by atoms with Gasteiger partial charge < -0.3 is 5.32 Å². The van der Waals surface area contributed by atoms with Gasteiger partial charge in [0.25, 0.3) is 0 Å². The van der Waals surface area contributed by atoms with Crippen LogP contribution in [0.5, 0.6) is 0 Å². The van der Waals surface area contributed by atoms with Crippen LogP contribution in [0.4, 0.5) is 4.39 Å². The highest BCUT2D eigenvalue weighted by Gasteiger charge is 2.27. The molecule has 1 aromatic carbocycles. The zero-order valence-electron chi connectivity index (χ0n) is 10.1. The van der Waals surface area contributed by atoms with Crippen LogP contribution in [0.25, 0.3) is 0 Å². The Hall–Kier alpha value is -0.890. The second-order valence-electron chi connectivity index (χ2n) is 5.22. The smallest absolute Gasteiger partial charge is 0.127 e. The van der Waals surface area contributed by atoms with Crippen LogP contribution in [0.1, 0.15) is 43.7 Å². The Bertz CT molecular complexity index is 367. The molecule has 1 aliphatic carbocycles. The molecule has 16 heavy (non-hydrogen) atoms. The zero-order chi connectivity index (χ0) is 11.6. The average molecular weight is 221 g/mol. The van der Waals surface area contributed by atoms with Crippen molar-refractivity contribution >= 4 is 0 Å². The van der Waals surface area contributed by atoms with Gasteiger partial charge in [0.2, 0.25) is 0 Å². The third-order valence-corrected chi connectivity index (χ3v) is 3.61. The quantitative estimate of drug-likeness (QED) is 0.823. The fourth-order valence-corrected chi connectivity index (χ4v) is 2.48. The number of nitrogens with one attached hydrogen (secondary N) is 1. The Morgan fingerprint density at radius 3 is 2.69 bits per heavy atom. The molecule has 0 spiro atoms. The molecular weight excluding hydrogens is 201 g/mol. The molecule has 1 nitrogen and oxygen atoms in total. The molecule has 0 saturated heterocycles. The summed E-state index contributed by atoms with van der Waals surface area (Å²) in [7, 11) is 0. The van der Waals surface area contributed by atoms with Gasteiger partial charge in [0.15, 0.2) is 0 Å². The summed E-state index contributed by atoms with van der Waals surface area (Å²) < 4.78 is 13.5. The molecule has 0 aromatic heterocycles. The molecule has 0 unspecified atom stereocenters. The molecule has 0 atom stereocenters. The van der Waals surface area contributed by atoms with Crippen LogP contribution in [0, 0.1) is 12.7 Å². The first kappa shape index (κ1) is 11.6. The van der Waals surface area contributed by atoms with Gasteiger partial charge in [-0.15, -0.1) is 0 Å². The van der Waals surface area contributed by atoms with Crippen molar-refractivity contribution in [2.24, 2.45) is 0 Å². The highest BCUT2D eigenvalue weighted by Crippen LogP contribution is 2.29. The molecule has 1 N–H and O–H groups in total. The van der Waals surface area contributed by atoms with Crippen LogP contribution in [-0.4, -0.2) is 5.54 Å². The maximum atomic E-state index is 13.5. The molecule has 1 fully saturated rings. The van der Waals surface area contributed by atoms with Crippen LogP contribution >= 0.6 is 0 Å². The molecule has 0 aliphatic heterocycles. The highest BCUT2D eigenvalue weighted by atomic mass is 19.1. The lowest BCUT2D eigenvalue weighted by Crippen LogP contribution is -2.38. The molecule has 2 rings (SSSR count). The molecule has 0 heterocycles. The van der Waals surface area contributed by atoms with Gasteiger partial charge in [0.1, 0.15) is 5.82 Å². The molecule has 88 valence electrons. The van der Waals surface area contributed by atoms with E-state index < -0.39 is 0 Å². The van der Waals surface area contributed by atoms with E-state index >= 15 is 0 Å². The molecule has 0 radical (unpaired) electrons. The lowest BCUT2D eigenvalue weighted by Gasteiger charge is -2.25. The number of rotatable bonds is 3. The third kappa shape index (κ3) is 2.62. The van der Waals surface area contributed by atoms with Crippen LogP contribution in [0.3, 0.4) is 0 Å². The standard InChI is InChI=1S/C14H20FN/c1-11-5-6-13(15)12(9-11)10-16-14(2)7-3-4-8-14/h5-6,9,16H,3-4,7-8,10H2,1-2H3. The Labute approximate surface area is 97.1 Å². The Kier molecular flexibility index (Phi) is 3.29. The minimum atomic E-state index is -0.0975. The third-order valence-electron chi connectivity index (χ3n) is 3.61. The zero-order valence-corrected chi connectivity index (χ0v) is 10.1. The van der Waals surface area contributed by atoms with Gasteiger partial charge in [-0.25, -0.2) is 4.39 Å². The predicted octanol–water partition coefficient (Wildman–Crippen LogP) is 3.56. The monoisotopic (exact) mass is 221 g/mol. The van der Waals surface area contributed by atoms with Crippen molar-refractivity contribution in [1.82, 2.24) is 5.32 Å². The van der Waals surface area contributed by atoms with E-state index in [1.165, 1.54) is 25.7 Å². The van der Waals surface area contributed by atoms with Crippen LogP contribution in [0.15, 0.2) is 18.2 Å². The number of hydrogen-bond acceptors (Lipinski definition) is 1. The van der Waals surface area contributed by atoms with Crippen LogP contribution < -0.4 is 5.32 Å². The number of benzene rings is 1. The van der Waals surface area contributed by atoms with E-state index in [1.54, 1.807) is 6.07 Å². The highest BCUT2D eigenvalue weighted by molar-refractivity contribution is 5.24. The van der Waals surface area contributed by atoms with Gasteiger partial charge in [-0.1, -0.05) is 30.5 Å². The fourth-order valence-electron chi connectivity index (χ4n) is 2.48. The van der Waals surface area contributed by atoms with Gasteiger partial charge in [-0.2, -0.15) is 0 Å². The Morgan fingerprint density at radius 2 is 2.00 bits per heavy atom. The Morgan fingerprint density at radius 1 is 1.31 bits per heavy atom. The molecular formula is C14H20FN. The minimum absolute atomic E-state index is 0.0975. The first-order chi connectivity index (χ1) is 7.59. The van der Waals surface area contributed by atoms with Crippen molar-refractivity contribution in [3.05, 3.63) is 35.1 Å². The van der Waals surface area contributed by atoms with Crippen molar-refractivity contribution in [1.29, 1.82) is 0 Å². The van der Waals surface area contributed by atoms with Gasteiger partial charge in [-0.05, 0) is 32.8 Å². The lowest BCUT2D eigenvalue weighted by molar-refractivity contribution is 0.359. The Balaban J connectivity index is 2.01. The van der Waals surface area contributed by atoms with Gasteiger partial charge >= 0.3 is 0 Å². The average Bonchev–Trinajstić information content (AvgIpc) is 2.67. The van der Waals surface area contributed by atoms with E-state index in [4.69, 9.17) is 0 Å². The maximum absolute atomic E-state index is 13.5. The van der Waals surface area contributed by atoms with Crippen LogP contribution in [-0.2, 0) is 6.54 Å². The second-order valence-corrected chi connectivity index (χ2v) is 5.22. The van der Waals surface area contributed by atoms with Crippen molar-refractivity contribution in [3.8, 4) is 0 Å². The predicted molar refractivity (Wildman–Crippen MR) is 64.8 cm³/mol. The van der Waals surface area contributed by atoms with E-state index in [9.17, 15) is 4.39 Å². The lowest BCUT2D eigenvalue weighted by atomic mass is 10.00. The first-order valence-corrected chi connectivity index (χ1v) is 6.09. The summed E-state index contributed by atoms with van der Waals surface area (Å²) in [5.74, 6) is -0.0975. The van der Waals surface area contributed by atoms with E-state index in [-0.39, 0.29) is 11.4 Å². The summed E-state index contributed by atoms with van der Waals surface area (Å²) in [6.45, 7) is 4.89. The normalized spacial score (nSPS) is 18.9. The van der Waals surface area contributed by atoms with E-state index in [2.05, 4.69) is 12.2 Å². The molecule has 1 aromatic rings. The van der Waals surface area contributed by atoms with Crippen molar-refractivity contribution in [2.45, 2.75) is 51.6 Å². The number of halogens is 1. The van der Waals surface area contributed by atoms with Crippen molar-refractivity contribution in [3.63, 3.8) is 0 Å².